The highest BCUT2D eigenvalue weighted by molar-refractivity contribution is 7.94. The minimum atomic E-state index is -1.12. The fraction of sp³-hybridized carbons (Fsp3) is 0.478. The molecule has 29 heavy (non-hydrogen) atoms. The van der Waals surface area contributed by atoms with Gasteiger partial charge in [0.25, 0.3) is 0 Å². The van der Waals surface area contributed by atoms with Crippen molar-refractivity contribution in [3.05, 3.63) is 54.1 Å². The van der Waals surface area contributed by atoms with Crippen LogP contribution in [0.15, 0.2) is 48.5 Å². The summed E-state index contributed by atoms with van der Waals surface area (Å²) in [4.78, 5) is 2.38. The summed E-state index contributed by atoms with van der Waals surface area (Å²) < 4.78 is 20.8. The summed E-state index contributed by atoms with van der Waals surface area (Å²) in [5, 5.41) is 3.47. The van der Waals surface area contributed by atoms with E-state index in [4.69, 9.17) is 4.74 Å². The van der Waals surface area contributed by atoms with Crippen molar-refractivity contribution in [2.45, 2.75) is 58.1 Å². The van der Waals surface area contributed by atoms with Crippen LogP contribution in [0.3, 0.4) is 0 Å². The minimum absolute atomic E-state index is 0.259. The molecule has 5 nitrogen and oxygen atoms in total. The number of nitrogens with zero attached hydrogens (tertiary/aromatic N) is 1. The molecule has 0 aromatic heterocycles. The van der Waals surface area contributed by atoms with Crippen molar-refractivity contribution in [3.63, 3.8) is 0 Å². The maximum absolute atomic E-state index is 12.2. The lowest BCUT2D eigenvalue weighted by Crippen LogP contribution is -2.45. The molecule has 3 rings (SSSR count). The summed E-state index contributed by atoms with van der Waals surface area (Å²) in [6.07, 6.45) is 0.518. The number of benzene rings is 2. The van der Waals surface area contributed by atoms with Crippen molar-refractivity contribution in [1.29, 1.82) is 0 Å². The largest absolute Gasteiger partial charge is 0.593 e. The van der Waals surface area contributed by atoms with E-state index in [2.05, 4.69) is 65.2 Å². The quantitative estimate of drug-likeness (QED) is 0.665. The van der Waals surface area contributed by atoms with Gasteiger partial charge in [0.05, 0.1) is 29.3 Å². The number of ether oxygens (including phenoxy) is 1. The summed E-state index contributed by atoms with van der Waals surface area (Å²) in [5.74, 6) is 0. The summed E-state index contributed by atoms with van der Waals surface area (Å²) in [5.41, 5.74) is 4.39. The molecule has 2 N–H and O–H groups in total. The Balaban J connectivity index is 1.52. The van der Waals surface area contributed by atoms with Crippen LogP contribution in [-0.4, -0.2) is 34.6 Å². The van der Waals surface area contributed by atoms with Gasteiger partial charge in [-0.15, -0.1) is 0 Å². The van der Waals surface area contributed by atoms with Gasteiger partial charge in [-0.05, 0) is 76.6 Å². The van der Waals surface area contributed by atoms with Crippen molar-refractivity contribution >= 4 is 28.4 Å². The lowest BCUT2D eigenvalue weighted by atomic mass is 10.1. The fourth-order valence-electron chi connectivity index (χ4n) is 3.33. The van der Waals surface area contributed by atoms with Gasteiger partial charge in [-0.1, -0.05) is 12.1 Å². The van der Waals surface area contributed by atoms with Gasteiger partial charge < -0.3 is 19.5 Å². The molecule has 1 saturated heterocycles. The van der Waals surface area contributed by atoms with Crippen molar-refractivity contribution in [2.24, 2.45) is 0 Å². The zero-order valence-electron chi connectivity index (χ0n) is 18.1. The second-order valence-electron chi connectivity index (χ2n) is 8.74. The third kappa shape index (κ3) is 6.29. The van der Waals surface area contributed by atoms with E-state index in [9.17, 15) is 4.55 Å². The highest BCUT2D eigenvalue weighted by Crippen LogP contribution is 2.23. The molecule has 2 aromatic carbocycles. The second-order valence-corrected chi connectivity index (χ2v) is 10.7. The van der Waals surface area contributed by atoms with Gasteiger partial charge in [-0.2, -0.15) is 0 Å². The average Bonchev–Trinajstić information content (AvgIpc) is 2.66. The van der Waals surface area contributed by atoms with Gasteiger partial charge in [0.15, 0.2) is 0 Å². The molecule has 1 heterocycles. The van der Waals surface area contributed by atoms with Crippen LogP contribution < -0.4 is 14.9 Å². The highest BCUT2D eigenvalue weighted by Gasteiger charge is 2.26. The van der Waals surface area contributed by atoms with Crippen LogP contribution in [0.2, 0.25) is 0 Å². The molecule has 158 valence electrons. The first kappa shape index (κ1) is 21.8. The maximum atomic E-state index is 12.2. The first-order chi connectivity index (χ1) is 13.7. The second kappa shape index (κ2) is 9.28. The first-order valence-electron chi connectivity index (χ1n) is 10.2. The van der Waals surface area contributed by atoms with Crippen LogP contribution in [0.5, 0.6) is 0 Å². The molecule has 0 saturated carbocycles. The van der Waals surface area contributed by atoms with Crippen molar-refractivity contribution in [2.75, 3.05) is 28.0 Å². The zero-order chi connectivity index (χ0) is 21.0. The Kier molecular flexibility index (Phi) is 6.98. The Labute approximate surface area is 178 Å². The fourth-order valence-corrected chi connectivity index (χ4v) is 3.99. The monoisotopic (exact) mass is 415 g/mol. The molecule has 1 aliphatic heterocycles. The SMILES string of the molecule is C[C@@H]1CN(c2ccc(NCc3ccc(N[S+]([O-])C(C)(C)C)cc3)cc2)C[C@H](C)O1. The van der Waals surface area contributed by atoms with E-state index in [0.29, 0.717) is 0 Å². The predicted octanol–water partition coefficient (Wildman–Crippen LogP) is 4.79. The Morgan fingerprint density at radius 3 is 2.07 bits per heavy atom. The maximum Gasteiger partial charge on any atom is 0.142 e. The normalized spacial score (nSPS) is 21.0. The Bertz CT molecular complexity index is 764. The van der Waals surface area contributed by atoms with Gasteiger partial charge >= 0.3 is 0 Å². The van der Waals surface area contributed by atoms with E-state index >= 15 is 0 Å². The molecular formula is C23H33N3O2S. The van der Waals surface area contributed by atoms with Crippen molar-refractivity contribution < 1.29 is 9.29 Å². The molecule has 6 heteroatoms. The molecule has 1 unspecified atom stereocenters. The number of hydrogen-bond acceptors (Lipinski definition) is 5. The smallest absolute Gasteiger partial charge is 0.142 e. The van der Waals surface area contributed by atoms with Gasteiger partial charge in [-0.3, -0.25) is 0 Å². The molecule has 0 radical (unpaired) electrons. The number of nitrogens with one attached hydrogen (secondary N) is 2. The topological polar surface area (TPSA) is 59.6 Å². The van der Waals surface area contributed by atoms with Gasteiger partial charge in [0.2, 0.25) is 0 Å². The first-order valence-corrected chi connectivity index (χ1v) is 11.4. The van der Waals surface area contributed by atoms with E-state index in [-0.39, 0.29) is 17.0 Å². The molecule has 1 fully saturated rings. The van der Waals surface area contributed by atoms with Crippen LogP contribution in [-0.2, 0) is 22.6 Å². The van der Waals surface area contributed by atoms with Crippen LogP contribution in [0.4, 0.5) is 17.1 Å². The number of anilines is 3. The van der Waals surface area contributed by atoms with E-state index in [0.717, 1.165) is 31.0 Å². The summed E-state index contributed by atoms with van der Waals surface area (Å²) in [6, 6.07) is 16.7. The van der Waals surface area contributed by atoms with Crippen LogP contribution in [0, 0.1) is 0 Å². The Hall–Kier alpha value is -1.89. The number of hydrogen-bond donors (Lipinski definition) is 2. The standard InChI is InChI=1S/C23H33N3O2S/c1-17-15-26(16-18(2)28-17)22-12-10-20(11-13-22)24-14-19-6-8-21(9-7-19)25-29(27)23(3,4)5/h6-13,17-18,24-25H,14-16H2,1-5H3/t17-,18+,29?. The number of morpholine rings is 1. The molecule has 2 aromatic rings. The lowest BCUT2D eigenvalue weighted by Gasteiger charge is -2.36. The van der Waals surface area contributed by atoms with Crippen LogP contribution in [0.1, 0.15) is 40.2 Å². The molecule has 3 atom stereocenters. The summed E-state index contributed by atoms with van der Waals surface area (Å²) >= 11 is -1.12. The van der Waals surface area contributed by atoms with Crippen molar-refractivity contribution in [1.82, 2.24) is 0 Å². The van der Waals surface area contributed by atoms with E-state index in [1.807, 2.05) is 32.9 Å². The highest BCUT2D eigenvalue weighted by atomic mass is 32.2. The van der Waals surface area contributed by atoms with E-state index < -0.39 is 11.4 Å². The third-order valence-electron chi connectivity index (χ3n) is 4.87. The Morgan fingerprint density at radius 1 is 0.966 bits per heavy atom. The summed E-state index contributed by atoms with van der Waals surface area (Å²) in [7, 11) is 0. The minimum Gasteiger partial charge on any atom is -0.593 e. The summed E-state index contributed by atoms with van der Waals surface area (Å²) in [6.45, 7) is 12.7. The van der Waals surface area contributed by atoms with Gasteiger partial charge in [0.1, 0.15) is 4.75 Å². The van der Waals surface area contributed by atoms with E-state index in [1.165, 1.54) is 11.3 Å². The predicted molar refractivity (Wildman–Crippen MR) is 124 cm³/mol. The van der Waals surface area contributed by atoms with Gasteiger partial charge in [-0.25, -0.2) is 4.72 Å². The lowest BCUT2D eigenvalue weighted by molar-refractivity contribution is -0.00521. The third-order valence-corrected chi connectivity index (χ3v) is 6.40. The van der Waals surface area contributed by atoms with Crippen LogP contribution in [0.25, 0.3) is 0 Å². The Morgan fingerprint density at radius 2 is 1.52 bits per heavy atom. The van der Waals surface area contributed by atoms with Crippen molar-refractivity contribution in [3.8, 4) is 0 Å². The molecule has 1 aliphatic rings. The molecule has 0 bridgehead atoms. The number of rotatable bonds is 6. The van der Waals surface area contributed by atoms with Gasteiger partial charge in [0, 0.05) is 31.0 Å². The molecule has 0 spiro atoms. The molecular weight excluding hydrogens is 382 g/mol. The molecule has 0 amide bonds. The average molecular weight is 416 g/mol. The zero-order valence-corrected chi connectivity index (χ0v) is 18.9. The molecule has 0 aliphatic carbocycles. The van der Waals surface area contributed by atoms with E-state index in [1.54, 1.807) is 0 Å². The van der Waals surface area contributed by atoms with Crippen LogP contribution >= 0.6 is 0 Å².